The Labute approximate surface area is 64.0 Å². The first kappa shape index (κ1) is 7.48. The van der Waals surface area contributed by atoms with Gasteiger partial charge in [0.05, 0.1) is 0 Å². The third-order valence-corrected chi connectivity index (χ3v) is 4.58. The Hall–Kier alpha value is 0.370. The summed E-state index contributed by atoms with van der Waals surface area (Å²) < 4.78 is -0.139. The third-order valence-electron chi connectivity index (χ3n) is 1.25. The number of carbonyl (C=O) groups is 1. The largest absolute Gasteiger partial charge is 0.301 e. The Morgan fingerprint density at radius 2 is 2.44 bits per heavy atom. The molecule has 0 amide bonds. The van der Waals surface area contributed by atoms with Gasteiger partial charge in [-0.2, -0.15) is 0 Å². The molecule has 0 aliphatic carbocycles. The summed E-state index contributed by atoms with van der Waals surface area (Å²) in [7, 11) is 0. The molecule has 0 N–H and O–H groups in total. The minimum atomic E-state index is -0.139. The minimum Gasteiger partial charge on any atom is -0.301 e. The molecule has 52 valence electrons. The van der Waals surface area contributed by atoms with E-state index in [1.165, 1.54) is 0 Å². The molecule has 0 aromatic carbocycles. The van der Waals surface area contributed by atoms with Crippen LogP contribution in [0.3, 0.4) is 0 Å². The maximum Gasteiger partial charge on any atom is 0.145 e. The van der Waals surface area contributed by atoms with Crippen molar-refractivity contribution in [2.24, 2.45) is 0 Å². The lowest BCUT2D eigenvalue weighted by atomic mass is 10.5. The number of rotatable bonds is 1. The van der Waals surface area contributed by atoms with Crippen molar-refractivity contribution in [3.8, 4) is 0 Å². The summed E-state index contributed by atoms with van der Waals surface area (Å²) in [5, 5.41) is 0.644. The Morgan fingerprint density at radius 1 is 1.78 bits per heavy atom. The smallest absolute Gasteiger partial charge is 0.145 e. The van der Waals surface area contributed by atoms with E-state index in [1.54, 1.807) is 23.5 Å². The molecule has 0 spiro atoms. The number of hydrogen-bond acceptors (Lipinski definition) is 3. The lowest BCUT2D eigenvalue weighted by Gasteiger charge is -2.11. The fourth-order valence-electron chi connectivity index (χ4n) is 0.812. The first-order valence-electron chi connectivity index (χ1n) is 2.94. The first-order valence-corrected chi connectivity index (χ1v) is 4.81. The van der Waals surface area contributed by atoms with Gasteiger partial charge < -0.3 is 4.79 Å². The fraction of sp³-hybridized carbons (Fsp3) is 0.833. The standard InChI is InChI=1S/C6H10OS2/c1-5-3-8-6(2,4-7)9-5/h4-5H,3H2,1-2H3. The van der Waals surface area contributed by atoms with Gasteiger partial charge in [-0.15, -0.1) is 23.5 Å². The van der Waals surface area contributed by atoms with Crippen LogP contribution >= 0.6 is 23.5 Å². The molecule has 2 atom stereocenters. The molecule has 1 fully saturated rings. The molecular weight excluding hydrogens is 152 g/mol. The fourth-order valence-corrected chi connectivity index (χ4v) is 3.75. The second kappa shape index (κ2) is 2.54. The summed E-state index contributed by atoms with van der Waals surface area (Å²) >= 11 is 3.51. The normalized spacial score (nSPS) is 43.1. The van der Waals surface area contributed by atoms with Crippen LogP contribution in [-0.2, 0) is 4.79 Å². The Morgan fingerprint density at radius 3 is 2.67 bits per heavy atom. The van der Waals surface area contributed by atoms with Crippen LogP contribution in [0.1, 0.15) is 13.8 Å². The maximum absolute atomic E-state index is 10.4. The van der Waals surface area contributed by atoms with Gasteiger partial charge in [0.2, 0.25) is 0 Å². The van der Waals surface area contributed by atoms with Gasteiger partial charge in [-0.25, -0.2) is 0 Å². The maximum atomic E-state index is 10.4. The summed E-state index contributed by atoms with van der Waals surface area (Å²) in [5.41, 5.74) is 0. The molecule has 1 aliphatic heterocycles. The molecular formula is C6H10OS2. The van der Waals surface area contributed by atoms with Crippen LogP contribution < -0.4 is 0 Å². The highest BCUT2D eigenvalue weighted by Crippen LogP contribution is 2.45. The first-order chi connectivity index (χ1) is 4.16. The molecule has 0 aromatic rings. The van der Waals surface area contributed by atoms with E-state index in [4.69, 9.17) is 0 Å². The van der Waals surface area contributed by atoms with Gasteiger partial charge in [0.1, 0.15) is 10.4 Å². The van der Waals surface area contributed by atoms with E-state index in [2.05, 4.69) is 6.92 Å². The molecule has 1 rings (SSSR count). The molecule has 9 heavy (non-hydrogen) atoms. The van der Waals surface area contributed by atoms with Gasteiger partial charge in [-0.3, -0.25) is 0 Å². The molecule has 2 unspecified atom stereocenters. The highest BCUT2D eigenvalue weighted by Gasteiger charge is 2.33. The van der Waals surface area contributed by atoms with Crippen molar-refractivity contribution in [2.45, 2.75) is 23.2 Å². The minimum absolute atomic E-state index is 0.139. The van der Waals surface area contributed by atoms with Crippen molar-refractivity contribution < 1.29 is 4.79 Å². The van der Waals surface area contributed by atoms with Crippen LogP contribution in [0.5, 0.6) is 0 Å². The molecule has 0 bridgehead atoms. The van der Waals surface area contributed by atoms with Crippen LogP contribution in [0.15, 0.2) is 0 Å². The second-order valence-electron chi connectivity index (χ2n) is 2.37. The Balaban J connectivity index is 2.54. The number of hydrogen-bond donors (Lipinski definition) is 0. The predicted octanol–water partition coefficient (Wildman–Crippen LogP) is 1.77. The summed E-state index contributed by atoms with van der Waals surface area (Å²) in [6.07, 6.45) is 1.05. The van der Waals surface area contributed by atoms with E-state index in [0.29, 0.717) is 5.25 Å². The zero-order chi connectivity index (χ0) is 6.91. The summed E-state index contributed by atoms with van der Waals surface area (Å²) in [5.74, 6) is 1.11. The summed E-state index contributed by atoms with van der Waals surface area (Å²) in [6.45, 7) is 4.14. The topological polar surface area (TPSA) is 17.1 Å². The van der Waals surface area contributed by atoms with Gasteiger partial charge >= 0.3 is 0 Å². The molecule has 0 aromatic heterocycles. The van der Waals surface area contributed by atoms with Gasteiger partial charge in [0.15, 0.2) is 0 Å². The van der Waals surface area contributed by atoms with Crippen LogP contribution in [0.25, 0.3) is 0 Å². The average Bonchev–Trinajstić information content (AvgIpc) is 2.13. The summed E-state index contributed by atoms with van der Waals surface area (Å²) in [6, 6.07) is 0. The van der Waals surface area contributed by atoms with Gasteiger partial charge in [0, 0.05) is 11.0 Å². The third kappa shape index (κ3) is 1.64. The molecule has 1 aliphatic rings. The highest BCUT2D eigenvalue weighted by molar-refractivity contribution is 8.22. The Kier molecular flexibility index (Phi) is 2.11. The highest BCUT2D eigenvalue weighted by atomic mass is 32.2. The van der Waals surface area contributed by atoms with Crippen molar-refractivity contribution >= 4 is 29.8 Å². The Bertz CT molecular complexity index is 126. The van der Waals surface area contributed by atoms with Crippen molar-refractivity contribution in [2.75, 3.05) is 5.75 Å². The second-order valence-corrected chi connectivity index (χ2v) is 5.99. The van der Waals surface area contributed by atoms with Crippen LogP contribution in [0.4, 0.5) is 0 Å². The van der Waals surface area contributed by atoms with Crippen LogP contribution in [-0.4, -0.2) is 21.4 Å². The van der Waals surface area contributed by atoms with Gasteiger partial charge in [-0.1, -0.05) is 6.92 Å². The number of aldehydes is 1. The number of carbonyl (C=O) groups excluding carboxylic acids is 1. The van der Waals surface area contributed by atoms with Crippen molar-refractivity contribution in [3.63, 3.8) is 0 Å². The average molecular weight is 162 g/mol. The molecule has 1 saturated heterocycles. The van der Waals surface area contributed by atoms with Crippen LogP contribution in [0.2, 0.25) is 0 Å². The molecule has 3 heteroatoms. The van der Waals surface area contributed by atoms with Gasteiger partial charge in [-0.05, 0) is 6.92 Å². The zero-order valence-corrected chi connectivity index (χ0v) is 7.22. The quantitative estimate of drug-likeness (QED) is 0.547. The van der Waals surface area contributed by atoms with Crippen LogP contribution in [0, 0.1) is 0 Å². The van der Waals surface area contributed by atoms with Crippen molar-refractivity contribution in [1.82, 2.24) is 0 Å². The predicted molar refractivity (Wildman–Crippen MR) is 44.0 cm³/mol. The lowest BCUT2D eigenvalue weighted by Crippen LogP contribution is -2.12. The molecule has 0 saturated carbocycles. The van der Waals surface area contributed by atoms with E-state index in [-0.39, 0.29) is 4.08 Å². The van der Waals surface area contributed by atoms with E-state index >= 15 is 0 Å². The van der Waals surface area contributed by atoms with E-state index in [9.17, 15) is 4.79 Å². The SMILES string of the molecule is CC1CSC(C)(C=O)S1. The van der Waals surface area contributed by atoms with Crippen molar-refractivity contribution in [3.05, 3.63) is 0 Å². The van der Waals surface area contributed by atoms with Crippen molar-refractivity contribution in [1.29, 1.82) is 0 Å². The van der Waals surface area contributed by atoms with E-state index in [0.717, 1.165) is 12.0 Å². The van der Waals surface area contributed by atoms with Gasteiger partial charge in [0.25, 0.3) is 0 Å². The van der Waals surface area contributed by atoms with E-state index in [1.807, 2.05) is 6.92 Å². The molecule has 0 radical (unpaired) electrons. The molecule has 1 nitrogen and oxygen atoms in total. The monoisotopic (exact) mass is 162 g/mol. The van der Waals surface area contributed by atoms with E-state index < -0.39 is 0 Å². The molecule has 1 heterocycles. The lowest BCUT2D eigenvalue weighted by molar-refractivity contribution is -0.107. The zero-order valence-electron chi connectivity index (χ0n) is 5.59. The summed E-state index contributed by atoms with van der Waals surface area (Å²) in [4.78, 5) is 10.4. The number of thioether (sulfide) groups is 2.